The van der Waals surface area contributed by atoms with Gasteiger partial charge in [-0.25, -0.2) is 19.9 Å². The Kier molecular flexibility index (Phi) is 11.6. The van der Waals surface area contributed by atoms with Gasteiger partial charge < -0.3 is 25.6 Å². The highest BCUT2D eigenvalue weighted by molar-refractivity contribution is 5.84. The molecule has 2 aliphatic heterocycles. The van der Waals surface area contributed by atoms with Crippen molar-refractivity contribution in [1.82, 2.24) is 40.4 Å². The second kappa shape index (κ2) is 16.9. The maximum atomic E-state index is 12.5. The van der Waals surface area contributed by atoms with Crippen LogP contribution in [0, 0.1) is 11.5 Å². The molecular formula is C36H45N11O2. The van der Waals surface area contributed by atoms with Gasteiger partial charge in [-0.05, 0) is 56.8 Å². The number of carbonyl (C=O) groups is 1. The number of imidazole rings is 1. The van der Waals surface area contributed by atoms with E-state index in [1.54, 1.807) is 6.33 Å². The Hall–Kier alpha value is -5.06. The number of benzene rings is 2. The summed E-state index contributed by atoms with van der Waals surface area (Å²) in [5.74, 6) is 1.36. The predicted octanol–water partition coefficient (Wildman–Crippen LogP) is 3.89. The molecule has 1 amide bonds. The SMILES string of the molecule is CCNC(=O)[C@@H]1CC[C@H](n2cnc3c(NCC(c4ccccc4)c4ccccc4)nc(CN=C(NC#N)NCCN4CCCCC4)nc32)O1. The van der Waals surface area contributed by atoms with Gasteiger partial charge in [-0.3, -0.25) is 14.7 Å². The minimum absolute atomic E-state index is 0.0579. The first-order chi connectivity index (χ1) is 24.1. The Morgan fingerprint density at radius 3 is 2.45 bits per heavy atom. The van der Waals surface area contributed by atoms with Gasteiger partial charge in [-0.2, -0.15) is 5.26 Å². The van der Waals surface area contributed by atoms with Gasteiger partial charge in [-0.15, -0.1) is 0 Å². The summed E-state index contributed by atoms with van der Waals surface area (Å²) < 4.78 is 8.07. The first kappa shape index (κ1) is 33.8. The van der Waals surface area contributed by atoms with Crippen LogP contribution in [-0.2, 0) is 16.1 Å². The number of nitrogens with zero attached hydrogens (tertiary/aromatic N) is 7. The van der Waals surface area contributed by atoms with Gasteiger partial charge >= 0.3 is 0 Å². The number of likely N-dealkylation sites (tertiary alicyclic amines) is 1. The molecule has 0 unspecified atom stereocenters. The van der Waals surface area contributed by atoms with Crippen molar-refractivity contribution < 1.29 is 9.53 Å². The summed E-state index contributed by atoms with van der Waals surface area (Å²) in [4.78, 5) is 34.1. The molecule has 2 aliphatic rings. The van der Waals surface area contributed by atoms with Gasteiger partial charge in [0.1, 0.15) is 18.9 Å². The highest BCUT2D eigenvalue weighted by Gasteiger charge is 2.33. The minimum Gasteiger partial charge on any atom is -0.367 e. The molecule has 256 valence electrons. The van der Waals surface area contributed by atoms with Crippen molar-refractivity contribution in [3.63, 3.8) is 0 Å². The molecule has 4 aromatic rings. The number of aromatic nitrogens is 4. The lowest BCUT2D eigenvalue weighted by molar-refractivity contribution is -0.133. The number of likely N-dealkylation sites (N-methyl/N-ethyl adjacent to an activating group) is 1. The molecule has 2 aromatic carbocycles. The molecule has 0 saturated carbocycles. The maximum Gasteiger partial charge on any atom is 0.249 e. The lowest BCUT2D eigenvalue weighted by atomic mass is 9.91. The number of hydrogen-bond donors (Lipinski definition) is 4. The summed E-state index contributed by atoms with van der Waals surface area (Å²) in [5.41, 5.74) is 3.56. The van der Waals surface area contributed by atoms with Crippen LogP contribution in [0.3, 0.4) is 0 Å². The van der Waals surface area contributed by atoms with E-state index in [4.69, 9.17) is 19.7 Å². The topological polar surface area (TPSA) is 157 Å². The van der Waals surface area contributed by atoms with Crippen LogP contribution in [0.15, 0.2) is 72.0 Å². The number of nitriles is 1. The van der Waals surface area contributed by atoms with Gasteiger partial charge in [-0.1, -0.05) is 67.1 Å². The number of ether oxygens (including phenoxy) is 1. The van der Waals surface area contributed by atoms with Crippen molar-refractivity contribution in [2.75, 3.05) is 44.6 Å². The molecule has 0 radical (unpaired) electrons. The number of hydrogen-bond acceptors (Lipinski definition) is 9. The molecule has 4 N–H and O–H groups in total. The van der Waals surface area contributed by atoms with Crippen LogP contribution >= 0.6 is 0 Å². The van der Waals surface area contributed by atoms with Crippen molar-refractivity contribution in [2.24, 2.45) is 4.99 Å². The van der Waals surface area contributed by atoms with E-state index >= 15 is 0 Å². The zero-order valence-electron chi connectivity index (χ0n) is 28.0. The number of amides is 1. The van der Waals surface area contributed by atoms with Gasteiger partial charge in [0, 0.05) is 32.1 Å². The van der Waals surface area contributed by atoms with E-state index in [0.717, 1.165) is 19.6 Å². The van der Waals surface area contributed by atoms with Gasteiger partial charge in [0.05, 0.1) is 6.33 Å². The van der Waals surface area contributed by atoms with E-state index in [9.17, 15) is 10.1 Å². The Balaban J connectivity index is 1.27. The fourth-order valence-electron chi connectivity index (χ4n) is 6.53. The summed E-state index contributed by atoms with van der Waals surface area (Å²) >= 11 is 0. The highest BCUT2D eigenvalue weighted by Crippen LogP contribution is 2.32. The van der Waals surface area contributed by atoms with Crippen molar-refractivity contribution in [3.8, 4) is 6.19 Å². The number of aliphatic imine (C=N–C) groups is 1. The molecule has 2 saturated heterocycles. The molecule has 4 heterocycles. The molecule has 6 rings (SSSR count). The van der Waals surface area contributed by atoms with Crippen LogP contribution in [-0.4, -0.2) is 81.7 Å². The molecule has 0 spiro atoms. The Labute approximate surface area is 287 Å². The van der Waals surface area contributed by atoms with Crippen molar-refractivity contribution in [2.45, 2.75) is 63.8 Å². The summed E-state index contributed by atoms with van der Waals surface area (Å²) in [6.45, 7) is 6.88. The third kappa shape index (κ3) is 8.70. The van der Waals surface area contributed by atoms with Gasteiger partial charge in [0.15, 0.2) is 29.0 Å². The van der Waals surface area contributed by atoms with Gasteiger partial charge in [0.25, 0.3) is 0 Å². The molecule has 49 heavy (non-hydrogen) atoms. The predicted molar refractivity (Wildman–Crippen MR) is 189 cm³/mol. The molecule has 0 bridgehead atoms. The summed E-state index contributed by atoms with van der Waals surface area (Å²) in [7, 11) is 0. The number of anilines is 1. The smallest absolute Gasteiger partial charge is 0.249 e. The van der Waals surface area contributed by atoms with Crippen LogP contribution in [0.2, 0.25) is 0 Å². The zero-order valence-corrected chi connectivity index (χ0v) is 28.0. The van der Waals surface area contributed by atoms with Crippen LogP contribution in [0.25, 0.3) is 11.2 Å². The third-order valence-electron chi connectivity index (χ3n) is 9.02. The average molecular weight is 664 g/mol. The average Bonchev–Trinajstić information content (AvgIpc) is 3.80. The second-order valence-corrected chi connectivity index (χ2v) is 12.3. The minimum atomic E-state index is -0.529. The number of fused-ring (bicyclic) bond motifs is 1. The Morgan fingerprint density at radius 2 is 1.76 bits per heavy atom. The molecule has 13 heteroatoms. The second-order valence-electron chi connectivity index (χ2n) is 12.3. The molecule has 2 fully saturated rings. The van der Waals surface area contributed by atoms with E-state index in [1.807, 2.05) is 29.8 Å². The molecular weight excluding hydrogens is 618 g/mol. The largest absolute Gasteiger partial charge is 0.367 e. The third-order valence-corrected chi connectivity index (χ3v) is 9.02. The monoisotopic (exact) mass is 663 g/mol. The fraction of sp³-hybridized carbons (Fsp3) is 0.444. The summed E-state index contributed by atoms with van der Waals surface area (Å²) in [6.07, 6.45) is 7.75. The van der Waals surface area contributed by atoms with E-state index < -0.39 is 12.3 Å². The molecule has 13 nitrogen and oxygen atoms in total. The first-order valence-corrected chi connectivity index (χ1v) is 17.3. The van der Waals surface area contributed by atoms with Crippen LogP contribution in [0.1, 0.15) is 68.1 Å². The lowest BCUT2D eigenvalue weighted by Crippen LogP contribution is -2.41. The van der Waals surface area contributed by atoms with Crippen molar-refractivity contribution in [1.29, 1.82) is 5.26 Å². The quantitative estimate of drug-likeness (QED) is 0.0716. The van der Waals surface area contributed by atoms with Crippen LogP contribution in [0.5, 0.6) is 0 Å². The zero-order chi connectivity index (χ0) is 33.8. The van der Waals surface area contributed by atoms with E-state index in [1.165, 1.54) is 30.4 Å². The van der Waals surface area contributed by atoms with Crippen molar-refractivity contribution >= 4 is 28.8 Å². The first-order valence-electron chi connectivity index (χ1n) is 17.3. The van der Waals surface area contributed by atoms with Crippen LogP contribution < -0.4 is 21.3 Å². The van der Waals surface area contributed by atoms with E-state index in [-0.39, 0.29) is 18.4 Å². The Morgan fingerprint density at radius 1 is 1.02 bits per heavy atom. The maximum absolute atomic E-state index is 12.5. The highest BCUT2D eigenvalue weighted by atomic mass is 16.5. The van der Waals surface area contributed by atoms with Crippen LogP contribution in [0.4, 0.5) is 5.82 Å². The molecule has 0 aliphatic carbocycles. The normalized spacial score (nSPS) is 18.3. The number of piperidine rings is 1. The van der Waals surface area contributed by atoms with E-state index in [0.29, 0.717) is 61.2 Å². The van der Waals surface area contributed by atoms with Gasteiger partial charge in [0.2, 0.25) is 11.9 Å². The number of rotatable bonds is 13. The fourth-order valence-corrected chi connectivity index (χ4v) is 6.53. The molecule has 2 atom stereocenters. The standard InChI is InChI=1S/C36H45N11O2/c1-2-38-35(48)29-16-17-31(49-29)47-25-43-32-33(40-22-28(26-12-6-3-7-13-26)27-14-8-4-9-15-27)44-30(45-34(32)47)23-41-36(42-24-37)39-18-21-46-19-10-5-11-20-46/h3-4,6-9,12-15,25,28-29,31H,2,5,10-11,16-23H2,1H3,(H,38,48)(H2,39,41,42)(H,40,44,45)/t29-,31+/m0/s1. The lowest BCUT2D eigenvalue weighted by Gasteiger charge is -2.26. The van der Waals surface area contributed by atoms with E-state index in [2.05, 4.69) is 79.7 Å². The number of guanidine groups is 1. The number of nitrogens with one attached hydrogen (secondary N) is 4. The number of carbonyl (C=O) groups excluding carboxylic acids is 1. The molecule has 2 aromatic heterocycles. The Bertz CT molecular complexity index is 1690. The summed E-state index contributed by atoms with van der Waals surface area (Å²) in [6, 6.07) is 20.8. The summed E-state index contributed by atoms with van der Waals surface area (Å²) in [5, 5.41) is 21.8. The van der Waals surface area contributed by atoms with Crippen molar-refractivity contribution in [3.05, 3.63) is 83.9 Å².